The van der Waals surface area contributed by atoms with Gasteiger partial charge in [-0.25, -0.2) is 0 Å². The fourth-order valence-corrected chi connectivity index (χ4v) is 5.13. The van der Waals surface area contributed by atoms with Gasteiger partial charge in [0.25, 0.3) is 0 Å². The molecular weight excluding hydrogens is 380 g/mol. The lowest BCUT2D eigenvalue weighted by atomic mass is 9.92. The first-order valence-electron chi connectivity index (χ1n) is 10.5. The van der Waals surface area contributed by atoms with Gasteiger partial charge in [-0.2, -0.15) is 0 Å². The number of nitrogens with zero attached hydrogens (tertiary/aromatic N) is 2. The van der Waals surface area contributed by atoms with E-state index in [9.17, 15) is 5.11 Å². The van der Waals surface area contributed by atoms with Crippen LogP contribution in [0.5, 0.6) is 0 Å². The maximum atomic E-state index is 11.4. The molecule has 154 valence electrons. The highest BCUT2D eigenvalue weighted by molar-refractivity contribution is 6.30. The SMILES string of the molecule is C=C1c2cc(C)ccc2N(CC(C)(O)c2ccc(Cl)cc2)CCC2CCC1N2C. The molecular formula is C25H31ClN2O. The molecule has 0 spiro atoms. The Hall–Kier alpha value is -1.81. The normalized spacial score (nSPS) is 24.4. The summed E-state index contributed by atoms with van der Waals surface area (Å²) in [6.45, 7) is 9.99. The molecule has 1 N–H and O–H groups in total. The molecule has 2 aromatic carbocycles. The Morgan fingerprint density at radius 1 is 1.14 bits per heavy atom. The van der Waals surface area contributed by atoms with E-state index < -0.39 is 5.60 Å². The Morgan fingerprint density at radius 3 is 2.59 bits per heavy atom. The summed E-state index contributed by atoms with van der Waals surface area (Å²) in [6, 6.07) is 15.1. The Bertz CT molecular complexity index is 906. The Morgan fingerprint density at radius 2 is 1.86 bits per heavy atom. The van der Waals surface area contributed by atoms with Crippen LogP contribution in [-0.2, 0) is 5.60 Å². The third kappa shape index (κ3) is 3.96. The van der Waals surface area contributed by atoms with Gasteiger partial charge in [-0.3, -0.25) is 4.90 Å². The summed E-state index contributed by atoms with van der Waals surface area (Å²) in [5.41, 5.74) is 4.74. The van der Waals surface area contributed by atoms with E-state index in [-0.39, 0.29) is 0 Å². The molecule has 0 aliphatic carbocycles. The van der Waals surface area contributed by atoms with Gasteiger partial charge in [0.1, 0.15) is 5.60 Å². The molecule has 4 rings (SSSR count). The number of hydrogen-bond acceptors (Lipinski definition) is 3. The van der Waals surface area contributed by atoms with Crippen LogP contribution in [0.4, 0.5) is 5.69 Å². The van der Waals surface area contributed by atoms with Gasteiger partial charge in [-0.15, -0.1) is 0 Å². The van der Waals surface area contributed by atoms with Gasteiger partial charge in [0, 0.05) is 34.9 Å². The van der Waals surface area contributed by atoms with E-state index in [0.717, 1.165) is 18.5 Å². The van der Waals surface area contributed by atoms with Crippen molar-refractivity contribution in [3.63, 3.8) is 0 Å². The number of anilines is 1. The smallest absolute Gasteiger partial charge is 0.104 e. The van der Waals surface area contributed by atoms with Crippen LogP contribution in [0.15, 0.2) is 49.0 Å². The number of aliphatic hydroxyl groups is 1. The third-order valence-electron chi connectivity index (χ3n) is 6.78. The minimum absolute atomic E-state index is 0.400. The summed E-state index contributed by atoms with van der Waals surface area (Å²) in [6.07, 6.45) is 3.48. The highest BCUT2D eigenvalue weighted by Gasteiger charge is 2.36. The van der Waals surface area contributed by atoms with Crippen molar-refractivity contribution < 1.29 is 5.11 Å². The second kappa shape index (κ2) is 7.79. The Kier molecular flexibility index (Phi) is 5.50. The molecule has 3 nitrogen and oxygen atoms in total. The zero-order valence-corrected chi connectivity index (χ0v) is 18.4. The average molecular weight is 411 g/mol. The largest absolute Gasteiger partial charge is 0.384 e. The topological polar surface area (TPSA) is 26.7 Å². The van der Waals surface area contributed by atoms with Crippen LogP contribution in [0.1, 0.15) is 42.9 Å². The first kappa shape index (κ1) is 20.5. The predicted molar refractivity (Wildman–Crippen MR) is 123 cm³/mol. The molecule has 0 aromatic heterocycles. The summed E-state index contributed by atoms with van der Waals surface area (Å²) >= 11 is 6.05. The molecule has 1 fully saturated rings. The van der Waals surface area contributed by atoms with Crippen molar-refractivity contribution in [2.75, 3.05) is 25.0 Å². The number of likely N-dealkylation sites (N-methyl/N-ethyl adjacent to an activating group) is 1. The highest BCUT2D eigenvalue weighted by atomic mass is 35.5. The number of halogens is 1. The van der Waals surface area contributed by atoms with Crippen molar-refractivity contribution >= 4 is 22.9 Å². The van der Waals surface area contributed by atoms with Crippen molar-refractivity contribution in [3.05, 3.63) is 70.8 Å². The lowest BCUT2D eigenvalue weighted by Crippen LogP contribution is -2.41. The fraction of sp³-hybridized carbons (Fsp3) is 0.440. The van der Waals surface area contributed by atoms with Crippen LogP contribution in [0.2, 0.25) is 5.02 Å². The van der Waals surface area contributed by atoms with E-state index in [0.29, 0.717) is 23.7 Å². The van der Waals surface area contributed by atoms with E-state index in [1.54, 1.807) is 0 Å². The average Bonchev–Trinajstić information content (AvgIpc) is 3.06. The number of benzene rings is 2. The molecule has 3 unspecified atom stereocenters. The summed E-state index contributed by atoms with van der Waals surface area (Å²) in [7, 11) is 2.24. The maximum absolute atomic E-state index is 11.4. The van der Waals surface area contributed by atoms with E-state index >= 15 is 0 Å². The Balaban J connectivity index is 1.73. The van der Waals surface area contributed by atoms with E-state index in [4.69, 9.17) is 11.6 Å². The van der Waals surface area contributed by atoms with Crippen molar-refractivity contribution in [1.29, 1.82) is 0 Å². The summed E-state index contributed by atoms with van der Waals surface area (Å²) in [4.78, 5) is 4.86. The number of hydrogen-bond donors (Lipinski definition) is 1. The fourth-order valence-electron chi connectivity index (χ4n) is 5.00. The van der Waals surface area contributed by atoms with Gasteiger partial charge in [0.2, 0.25) is 0 Å². The van der Waals surface area contributed by atoms with E-state index in [1.165, 1.54) is 35.2 Å². The second-order valence-corrected chi connectivity index (χ2v) is 9.39. The first-order valence-corrected chi connectivity index (χ1v) is 10.9. The van der Waals surface area contributed by atoms with Crippen LogP contribution in [-0.4, -0.2) is 42.2 Å². The summed E-state index contributed by atoms with van der Waals surface area (Å²) in [5, 5.41) is 12.1. The Labute approximate surface area is 179 Å². The lowest BCUT2D eigenvalue weighted by molar-refractivity contribution is 0.0640. The minimum atomic E-state index is -0.979. The number of aryl methyl sites for hydroxylation is 1. The van der Waals surface area contributed by atoms with Crippen molar-refractivity contribution in [3.8, 4) is 0 Å². The molecule has 3 atom stereocenters. The number of rotatable bonds is 3. The quantitative estimate of drug-likeness (QED) is 0.749. The zero-order chi connectivity index (χ0) is 20.8. The van der Waals surface area contributed by atoms with Crippen LogP contribution >= 0.6 is 11.6 Å². The van der Waals surface area contributed by atoms with Crippen LogP contribution in [0.3, 0.4) is 0 Å². The van der Waals surface area contributed by atoms with E-state index in [2.05, 4.69) is 48.5 Å². The monoisotopic (exact) mass is 410 g/mol. The maximum Gasteiger partial charge on any atom is 0.104 e. The second-order valence-electron chi connectivity index (χ2n) is 8.95. The van der Waals surface area contributed by atoms with Gasteiger partial charge in [-0.05, 0) is 75.6 Å². The number of β-amino-alcohol motifs (C(OH)–C–C–N with tert-alkyl or cyclic N) is 1. The molecule has 0 saturated carbocycles. The van der Waals surface area contributed by atoms with Crippen molar-refractivity contribution in [2.24, 2.45) is 0 Å². The summed E-state index contributed by atoms with van der Waals surface area (Å²) in [5.74, 6) is 0. The first-order chi connectivity index (χ1) is 13.8. The van der Waals surface area contributed by atoms with Gasteiger partial charge in [0.05, 0.1) is 6.54 Å². The summed E-state index contributed by atoms with van der Waals surface area (Å²) < 4.78 is 0. The number of fused-ring (bicyclic) bond motifs is 3. The van der Waals surface area contributed by atoms with Crippen molar-refractivity contribution in [2.45, 2.75) is 50.8 Å². The molecule has 1 saturated heterocycles. The molecule has 2 aromatic rings. The van der Waals surface area contributed by atoms with E-state index in [1.807, 2.05) is 31.2 Å². The van der Waals surface area contributed by atoms with Crippen LogP contribution < -0.4 is 4.90 Å². The molecule has 0 amide bonds. The van der Waals surface area contributed by atoms with Crippen LogP contribution in [0.25, 0.3) is 5.57 Å². The van der Waals surface area contributed by atoms with Gasteiger partial charge in [-0.1, -0.05) is 41.9 Å². The van der Waals surface area contributed by atoms with Gasteiger partial charge < -0.3 is 10.0 Å². The highest BCUT2D eigenvalue weighted by Crippen LogP contribution is 2.40. The van der Waals surface area contributed by atoms with Crippen LogP contribution in [0, 0.1) is 6.92 Å². The molecule has 2 aliphatic rings. The molecule has 4 heteroatoms. The lowest BCUT2D eigenvalue weighted by Gasteiger charge is -2.35. The zero-order valence-electron chi connectivity index (χ0n) is 17.7. The molecule has 29 heavy (non-hydrogen) atoms. The van der Waals surface area contributed by atoms with Crippen molar-refractivity contribution in [1.82, 2.24) is 4.90 Å². The predicted octanol–water partition coefficient (Wildman–Crippen LogP) is 5.24. The molecule has 0 radical (unpaired) electrons. The molecule has 2 heterocycles. The third-order valence-corrected chi connectivity index (χ3v) is 7.03. The van der Waals surface area contributed by atoms with Gasteiger partial charge in [0.15, 0.2) is 0 Å². The standard InChI is InChI=1S/C25H31ClN2O/c1-17-5-11-24-22(15-17)18(2)23-12-10-21(27(23)4)13-14-28(24)16-25(3,29)19-6-8-20(26)9-7-19/h5-9,11,15,21,23,29H,2,10,12-14,16H2,1,3-4H3. The molecule has 2 bridgehead atoms. The molecule has 2 aliphatic heterocycles. The van der Waals surface area contributed by atoms with Gasteiger partial charge >= 0.3 is 0 Å². The minimum Gasteiger partial charge on any atom is -0.384 e.